The minimum atomic E-state index is -4.70. The normalized spacial score (nSPS) is 21.4. The topological polar surface area (TPSA) is 263 Å². The highest BCUT2D eigenvalue weighted by Crippen LogP contribution is 2.32. The Labute approximate surface area is 218 Å². The number of carbonyl (C=O) groups is 1. The van der Waals surface area contributed by atoms with Gasteiger partial charge in [0.2, 0.25) is 0 Å². The van der Waals surface area contributed by atoms with Crippen molar-refractivity contribution >= 4 is 33.2 Å². The molecule has 4 aromatic rings. The number of para-hydroxylation sites is 1. The Balaban J connectivity index is 1.33. The van der Waals surface area contributed by atoms with Crippen molar-refractivity contribution in [1.29, 1.82) is 0 Å². The van der Waals surface area contributed by atoms with Crippen LogP contribution in [0.1, 0.15) is 22.3 Å². The number of ether oxygens (including phenoxy) is 1. The molecule has 18 nitrogen and oxygen atoms in total. The van der Waals surface area contributed by atoms with Crippen molar-refractivity contribution in [2.75, 3.05) is 12.3 Å². The summed E-state index contributed by atoms with van der Waals surface area (Å²) in [6.07, 6.45) is -3.26. The SMILES string of the molecule is Nc1nc(-n2cc(CO)nn2)nc2c1ncn2[C@H]1O[C@@H](COS(=O)(=O)NC(=O)c2ccccc2O)[C@H](O)[C@@H]1O. The van der Waals surface area contributed by atoms with Gasteiger partial charge in [0.25, 0.3) is 11.9 Å². The van der Waals surface area contributed by atoms with Crippen molar-refractivity contribution in [2.24, 2.45) is 0 Å². The second-order valence-electron chi connectivity index (χ2n) is 8.28. The number of rotatable bonds is 8. The summed E-state index contributed by atoms with van der Waals surface area (Å²) >= 11 is 0. The molecule has 0 saturated carbocycles. The van der Waals surface area contributed by atoms with Gasteiger partial charge in [-0.1, -0.05) is 17.3 Å². The minimum Gasteiger partial charge on any atom is -0.507 e. The third kappa shape index (κ3) is 5.08. The predicted molar refractivity (Wildman–Crippen MR) is 127 cm³/mol. The highest BCUT2D eigenvalue weighted by molar-refractivity contribution is 7.85. The molecule has 1 amide bonds. The summed E-state index contributed by atoms with van der Waals surface area (Å²) in [5, 5.41) is 47.6. The van der Waals surface area contributed by atoms with Gasteiger partial charge in [-0.15, -0.1) is 5.10 Å². The summed E-state index contributed by atoms with van der Waals surface area (Å²) in [5.74, 6) is -1.67. The monoisotopic (exact) mass is 563 g/mol. The maximum atomic E-state index is 12.3. The standard InChI is InChI=1S/C20H21N9O9S/c21-16-13-17(24-20(23-16)29-5-9(6-30)25-27-29)28(8-22-13)19-15(33)14(32)12(38-19)7-37-39(35,36)26-18(34)10-3-1-2-4-11(10)31/h1-5,8,12,14-15,19,30-33H,6-7H2,(H,26,34)(H2,21,23,24)/t12-,14-,15-,19-/m0/s1. The minimum absolute atomic E-state index is 0.0341. The molecule has 1 aliphatic rings. The first-order valence-electron chi connectivity index (χ1n) is 11.1. The molecule has 1 fully saturated rings. The number of phenolic OH excluding ortho intramolecular Hbond substituents is 1. The number of aromatic hydroxyl groups is 1. The quantitative estimate of drug-likeness (QED) is 0.129. The first-order chi connectivity index (χ1) is 18.6. The summed E-state index contributed by atoms with van der Waals surface area (Å²) in [7, 11) is -4.70. The first-order valence-corrected chi connectivity index (χ1v) is 12.5. The first kappa shape index (κ1) is 26.3. The van der Waals surface area contributed by atoms with Crippen molar-refractivity contribution in [3.05, 3.63) is 48.0 Å². The zero-order chi connectivity index (χ0) is 27.9. The Kier molecular flexibility index (Phi) is 6.84. The molecule has 39 heavy (non-hydrogen) atoms. The summed E-state index contributed by atoms with van der Waals surface area (Å²) in [5.41, 5.74) is 6.16. The molecule has 0 spiro atoms. The number of nitrogens with one attached hydrogen (secondary N) is 1. The number of benzene rings is 1. The second kappa shape index (κ2) is 10.1. The molecule has 1 saturated heterocycles. The maximum Gasteiger partial charge on any atom is 0.362 e. The number of hydrogen-bond acceptors (Lipinski definition) is 15. The summed E-state index contributed by atoms with van der Waals surface area (Å²) in [6.45, 7) is -1.15. The van der Waals surface area contributed by atoms with Crippen LogP contribution >= 0.6 is 0 Å². The van der Waals surface area contributed by atoms with E-state index in [1.165, 1.54) is 41.4 Å². The van der Waals surface area contributed by atoms with Crippen LogP contribution in [0.5, 0.6) is 5.75 Å². The van der Waals surface area contributed by atoms with Crippen LogP contribution in [-0.2, 0) is 25.8 Å². The molecular formula is C20H21N9O9S. The molecule has 0 unspecified atom stereocenters. The largest absolute Gasteiger partial charge is 0.507 e. The van der Waals surface area contributed by atoms with E-state index >= 15 is 0 Å². The number of fused-ring (bicyclic) bond motifs is 1. The number of anilines is 1. The van der Waals surface area contributed by atoms with E-state index in [1.807, 2.05) is 0 Å². The van der Waals surface area contributed by atoms with E-state index in [0.717, 1.165) is 4.68 Å². The number of aromatic nitrogens is 7. The van der Waals surface area contributed by atoms with Crippen molar-refractivity contribution in [2.45, 2.75) is 31.1 Å². The van der Waals surface area contributed by atoms with Gasteiger partial charge in [0.15, 0.2) is 17.7 Å². The number of amides is 1. The average molecular weight is 564 g/mol. The summed E-state index contributed by atoms with van der Waals surface area (Å²) < 4.78 is 39.0. The van der Waals surface area contributed by atoms with E-state index in [4.69, 9.17) is 14.7 Å². The van der Waals surface area contributed by atoms with Crippen LogP contribution in [0.2, 0.25) is 0 Å². The van der Waals surface area contributed by atoms with Gasteiger partial charge in [0.1, 0.15) is 35.3 Å². The fourth-order valence-electron chi connectivity index (χ4n) is 3.80. The van der Waals surface area contributed by atoms with Crippen molar-refractivity contribution in [3.63, 3.8) is 0 Å². The molecule has 4 atom stereocenters. The summed E-state index contributed by atoms with van der Waals surface area (Å²) in [4.78, 5) is 24.7. The van der Waals surface area contributed by atoms with E-state index in [-0.39, 0.29) is 40.8 Å². The lowest BCUT2D eigenvalue weighted by Gasteiger charge is -2.16. The smallest absolute Gasteiger partial charge is 0.362 e. The third-order valence-corrected chi connectivity index (χ3v) is 6.59. The number of carbonyl (C=O) groups excluding carboxylic acids is 1. The highest BCUT2D eigenvalue weighted by Gasteiger charge is 2.45. The molecule has 3 aromatic heterocycles. The van der Waals surface area contributed by atoms with E-state index in [0.29, 0.717) is 0 Å². The molecule has 5 rings (SSSR count). The van der Waals surface area contributed by atoms with Gasteiger partial charge in [0.05, 0.1) is 31.3 Å². The lowest BCUT2D eigenvalue weighted by Crippen LogP contribution is -2.37. The molecule has 0 bridgehead atoms. The fourth-order valence-corrected chi connectivity index (χ4v) is 4.51. The molecule has 19 heteroatoms. The Morgan fingerprint density at radius 1 is 1.21 bits per heavy atom. The van der Waals surface area contributed by atoms with Crippen LogP contribution in [-0.4, -0.2) is 94.2 Å². The van der Waals surface area contributed by atoms with Crippen LogP contribution in [0, 0.1) is 0 Å². The van der Waals surface area contributed by atoms with E-state index in [9.17, 15) is 33.6 Å². The van der Waals surface area contributed by atoms with Gasteiger partial charge in [0, 0.05) is 0 Å². The van der Waals surface area contributed by atoms with Gasteiger partial charge < -0.3 is 30.9 Å². The number of aliphatic hydroxyl groups excluding tert-OH is 3. The molecule has 7 N–H and O–H groups in total. The highest BCUT2D eigenvalue weighted by atomic mass is 32.2. The van der Waals surface area contributed by atoms with Crippen LogP contribution in [0.25, 0.3) is 17.1 Å². The van der Waals surface area contributed by atoms with Crippen LogP contribution in [0.15, 0.2) is 36.8 Å². The second-order valence-corrected chi connectivity index (χ2v) is 9.63. The number of imidazole rings is 1. The molecule has 1 aromatic carbocycles. The predicted octanol–water partition coefficient (Wildman–Crippen LogP) is -2.50. The van der Waals surface area contributed by atoms with Gasteiger partial charge in [-0.25, -0.2) is 9.71 Å². The van der Waals surface area contributed by atoms with Crippen LogP contribution in [0.3, 0.4) is 0 Å². The zero-order valence-corrected chi connectivity index (χ0v) is 20.5. The lowest BCUT2D eigenvalue weighted by atomic mass is 10.1. The molecular weight excluding hydrogens is 542 g/mol. The van der Waals surface area contributed by atoms with Gasteiger partial charge in [-0.05, 0) is 12.1 Å². The zero-order valence-electron chi connectivity index (χ0n) is 19.6. The molecule has 1 aliphatic heterocycles. The average Bonchev–Trinajstić information content (AvgIpc) is 3.61. The lowest BCUT2D eigenvalue weighted by molar-refractivity contribution is -0.0468. The Hall–Kier alpha value is -4.27. The number of nitrogens with zero attached hydrogens (tertiary/aromatic N) is 7. The fraction of sp³-hybridized carbons (Fsp3) is 0.300. The molecule has 0 radical (unpaired) electrons. The molecule has 0 aliphatic carbocycles. The Morgan fingerprint density at radius 2 is 1.97 bits per heavy atom. The Morgan fingerprint density at radius 3 is 2.69 bits per heavy atom. The van der Waals surface area contributed by atoms with E-state index in [1.54, 1.807) is 4.72 Å². The Bertz CT molecular complexity index is 1640. The van der Waals surface area contributed by atoms with Crippen LogP contribution in [0.4, 0.5) is 5.82 Å². The van der Waals surface area contributed by atoms with E-state index < -0.39 is 53.1 Å². The van der Waals surface area contributed by atoms with Gasteiger partial charge in [-0.3, -0.25) is 13.5 Å². The van der Waals surface area contributed by atoms with Crippen molar-refractivity contribution < 1.29 is 42.6 Å². The molecule has 206 valence electrons. The maximum absolute atomic E-state index is 12.3. The van der Waals surface area contributed by atoms with Crippen LogP contribution < -0.4 is 10.5 Å². The third-order valence-electron chi connectivity index (χ3n) is 5.71. The van der Waals surface area contributed by atoms with Gasteiger partial charge >= 0.3 is 10.3 Å². The number of phenols is 1. The number of nitrogen functional groups attached to an aromatic ring is 1. The summed E-state index contributed by atoms with van der Waals surface area (Å²) in [6, 6.07) is 5.28. The van der Waals surface area contributed by atoms with Crippen molar-refractivity contribution in [1.82, 2.24) is 39.2 Å². The van der Waals surface area contributed by atoms with Gasteiger partial charge in [-0.2, -0.15) is 23.1 Å². The molecule has 4 heterocycles. The number of hydrogen-bond donors (Lipinski definition) is 6. The number of aliphatic hydroxyl groups is 3. The van der Waals surface area contributed by atoms with E-state index in [2.05, 4.69) is 25.3 Å². The number of nitrogens with two attached hydrogens (primary N) is 1. The van der Waals surface area contributed by atoms with Crippen molar-refractivity contribution in [3.8, 4) is 11.7 Å².